The number of aromatic nitrogens is 2. The third-order valence-corrected chi connectivity index (χ3v) is 9.34. The molecule has 0 bridgehead atoms. The van der Waals surface area contributed by atoms with Crippen molar-refractivity contribution in [3.8, 4) is 5.75 Å². The van der Waals surface area contributed by atoms with E-state index in [0.29, 0.717) is 50.6 Å². The number of nitrogens with zero attached hydrogens (tertiary/aromatic N) is 4. The van der Waals surface area contributed by atoms with Crippen LogP contribution < -0.4 is 4.74 Å². The molecule has 1 fully saturated rings. The Morgan fingerprint density at radius 3 is 2.36 bits per heavy atom. The van der Waals surface area contributed by atoms with E-state index in [2.05, 4.69) is 10.00 Å². The molecule has 12 heteroatoms. The van der Waals surface area contributed by atoms with E-state index >= 15 is 0 Å². The number of carbonyl (C=O) groups excluding carboxylic acids is 1. The van der Waals surface area contributed by atoms with Crippen molar-refractivity contribution in [1.29, 1.82) is 0 Å². The molecule has 1 aliphatic rings. The highest BCUT2D eigenvalue weighted by Crippen LogP contribution is 2.29. The molecule has 0 radical (unpaired) electrons. The fourth-order valence-electron chi connectivity index (χ4n) is 4.57. The number of methoxy groups -OCH3 is 2. The number of aryl methyl sites for hydroxylation is 2. The Labute approximate surface area is 234 Å². The molecule has 0 aliphatic carbocycles. The predicted molar refractivity (Wildman–Crippen MR) is 146 cm³/mol. The van der Waals surface area contributed by atoms with Crippen LogP contribution in [0.1, 0.15) is 33.3 Å². The van der Waals surface area contributed by atoms with Crippen LogP contribution in [0.15, 0.2) is 53.4 Å². The molecule has 2 heterocycles. The Bertz CT molecular complexity index is 1400. The number of halogens is 1. The van der Waals surface area contributed by atoms with Gasteiger partial charge < -0.3 is 14.2 Å². The molecule has 1 saturated heterocycles. The second kappa shape index (κ2) is 12.5. The largest absolute Gasteiger partial charge is 0.497 e. The van der Waals surface area contributed by atoms with Gasteiger partial charge in [-0.3, -0.25) is 9.58 Å². The number of hydrogen-bond donors (Lipinski definition) is 0. The van der Waals surface area contributed by atoms with E-state index in [1.165, 1.54) is 16.1 Å². The lowest BCUT2D eigenvalue weighted by Crippen LogP contribution is -2.49. The number of rotatable bonds is 10. The minimum Gasteiger partial charge on any atom is -0.497 e. The molecular weight excluding hydrogens is 544 g/mol. The third kappa shape index (κ3) is 6.62. The van der Waals surface area contributed by atoms with Gasteiger partial charge in [0.1, 0.15) is 15.8 Å². The number of ether oxygens (including phenoxy) is 3. The molecule has 0 unspecified atom stereocenters. The molecule has 10 nitrogen and oxygen atoms in total. The van der Waals surface area contributed by atoms with Gasteiger partial charge in [-0.05, 0) is 42.3 Å². The minimum absolute atomic E-state index is 0.0657. The molecular formula is C27H33ClN4O6S. The van der Waals surface area contributed by atoms with E-state index in [4.69, 9.17) is 25.8 Å². The van der Waals surface area contributed by atoms with Gasteiger partial charge in [0, 0.05) is 39.8 Å². The van der Waals surface area contributed by atoms with E-state index in [-0.39, 0.29) is 22.1 Å². The zero-order chi connectivity index (χ0) is 28.2. The van der Waals surface area contributed by atoms with Crippen molar-refractivity contribution in [2.24, 2.45) is 7.05 Å². The second-order valence-electron chi connectivity index (χ2n) is 9.30. The quantitative estimate of drug-likeness (QED) is 0.338. The Morgan fingerprint density at radius 1 is 1.08 bits per heavy atom. The van der Waals surface area contributed by atoms with Crippen LogP contribution in [0.2, 0.25) is 5.15 Å². The fourth-order valence-corrected chi connectivity index (χ4v) is 6.70. The first-order valence-corrected chi connectivity index (χ1v) is 14.3. The summed E-state index contributed by atoms with van der Waals surface area (Å²) in [5.41, 5.74) is 2.72. The number of esters is 1. The van der Waals surface area contributed by atoms with Gasteiger partial charge in [-0.1, -0.05) is 35.9 Å². The lowest BCUT2D eigenvalue weighted by atomic mass is 10.1. The highest BCUT2D eigenvalue weighted by molar-refractivity contribution is 7.89. The van der Waals surface area contributed by atoms with Crippen molar-refractivity contribution < 1.29 is 27.4 Å². The Kier molecular flexibility index (Phi) is 9.29. The van der Waals surface area contributed by atoms with Crippen molar-refractivity contribution in [2.75, 3.05) is 46.9 Å². The van der Waals surface area contributed by atoms with Crippen LogP contribution in [0.4, 0.5) is 0 Å². The molecule has 210 valence electrons. The first kappa shape index (κ1) is 29.0. The fraction of sp³-hybridized carbons (Fsp3) is 0.407. The molecule has 0 spiro atoms. The normalized spacial score (nSPS) is 15.7. The van der Waals surface area contributed by atoms with Gasteiger partial charge in [-0.2, -0.15) is 9.40 Å². The summed E-state index contributed by atoms with van der Waals surface area (Å²) >= 11 is 6.26. The monoisotopic (exact) mass is 576 g/mol. The Morgan fingerprint density at radius 2 is 1.77 bits per heavy atom. The highest BCUT2D eigenvalue weighted by Gasteiger charge is 2.34. The summed E-state index contributed by atoms with van der Waals surface area (Å²) in [4.78, 5) is 14.0. The summed E-state index contributed by atoms with van der Waals surface area (Å²) in [7, 11) is 0.829. The standard InChI is InChI=1S/C27H33ClN4O6S/c1-19-25(26(28)30(2)29-19)39(34,35)32-14-12-31(13-15-32)17-24(22-6-5-7-23(16-22)36-3)38-18-20-8-10-21(11-9-20)27(33)37-4/h5-11,16,24H,12-15,17-18H2,1-4H3/t24-/m1/s1. The maximum absolute atomic E-state index is 13.3. The van der Waals surface area contributed by atoms with E-state index in [1.807, 2.05) is 36.4 Å². The summed E-state index contributed by atoms with van der Waals surface area (Å²) in [5.74, 6) is 0.335. The maximum atomic E-state index is 13.3. The smallest absolute Gasteiger partial charge is 0.337 e. The van der Waals surface area contributed by atoms with Gasteiger partial charge in [0.25, 0.3) is 0 Å². The number of sulfonamides is 1. The summed E-state index contributed by atoms with van der Waals surface area (Å²) in [6.07, 6.45) is -0.293. The lowest BCUT2D eigenvalue weighted by Gasteiger charge is -2.35. The second-order valence-corrected chi connectivity index (χ2v) is 11.5. The Hall–Kier alpha value is -2.96. The van der Waals surface area contributed by atoms with E-state index in [9.17, 15) is 13.2 Å². The highest BCUT2D eigenvalue weighted by atomic mass is 35.5. The van der Waals surface area contributed by atoms with E-state index in [1.54, 1.807) is 33.2 Å². The molecule has 4 rings (SSSR count). The molecule has 0 N–H and O–H groups in total. The van der Waals surface area contributed by atoms with Crippen molar-refractivity contribution in [3.63, 3.8) is 0 Å². The molecule has 0 amide bonds. The van der Waals surface area contributed by atoms with Crippen molar-refractivity contribution >= 4 is 27.6 Å². The van der Waals surface area contributed by atoms with Crippen LogP contribution >= 0.6 is 11.6 Å². The molecule has 1 atom stereocenters. The Balaban J connectivity index is 1.45. The van der Waals surface area contributed by atoms with E-state index in [0.717, 1.165) is 16.9 Å². The number of piperazine rings is 1. The van der Waals surface area contributed by atoms with Crippen molar-refractivity contribution in [3.05, 3.63) is 76.1 Å². The van der Waals surface area contributed by atoms with Gasteiger partial charge in [-0.25, -0.2) is 13.2 Å². The number of benzene rings is 2. The minimum atomic E-state index is -3.76. The first-order chi connectivity index (χ1) is 18.6. The molecule has 1 aliphatic heterocycles. The van der Waals surface area contributed by atoms with Crippen molar-refractivity contribution in [2.45, 2.75) is 24.5 Å². The van der Waals surface area contributed by atoms with Crippen molar-refractivity contribution in [1.82, 2.24) is 19.0 Å². The zero-order valence-electron chi connectivity index (χ0n) is 22.5. The zero-order valence-corrected chi connectivity index (χ0v) is 24.0. The van der Waals surface area contributed by atoms with Gasteiger partial charge in [0.05, 0.1) is 38.2 Å². The van der Waals surface area contributed by atoms with Crippen LogP contribution in [-0.2, 0) is 33.2 Å². The van der Waals surface area contributed by atoms with Crippen LogP contribution in [0.25, 0.3) is 0 Å². The summed E-state index contributed by atoms with van der Waals surface area (Å²) in [6.45, 7) is 4.26. The lowest BCUT2D eigenvalue weighted by molar-refractivity contribution is 0.00761. The van der Waals surface area contributed by atoms with Gasteiger partial charge in [-0.15, -0.1) is 0 Å². The molecule has 2 aromatic carbocycles. The van der Waals surface area contributed by atoms with Crippen LogP contribution in [-0.4, -0.2) is 80.3 Å². The topological polar surface area (TPSA) is 103 Å². The maximum Gasteiger partial charge on any atom is 0.337 e. The van der Waals surface area contributed by atoms with Gasteiger partial charge in [0.15, 0.2) is 0 Å². The average molecular weight is 577 g/mol. The molecule has 1 aromatic heterocycles. The van der Waals surface area contributed by atoms with E-state index < -0.39 is 10.0 Å². The summed E-state index contributed by atoms with van der Waals surface area (Å²) < 4.78 is 46.0. The molecule has 0 saturated carbocycles. The summed E-state index contributed by atoms with van der Waals surface area (Å²) in [6, 6.07) is 14.8. The SMILES string of the molecule is COC(=O)c1ccc(CO[C@H](CN2CCN(S(=O)(=O)c3c(C)nn(C)c3Cl)CC2)c2cccc(OC)c2)cc1. The molecule has 3 aromatic rings. The van der Waals surface area contributed by atoms with Gasteiger partial charge >= 0.3 is 5.97 Å². The molecule has 39 heavy (non-hydrogen) atoms. The van der Waals surface area contributed by atoms with Crippen LogP contribution in [0, 0.1) is 6.92 Å². The predicted octanol–water partition coefficient (Wildman–Crippen LogP) is 3.44. The third-order valence-electron chi connectivity index (χ3n) is 6.75. The summed E-state index contributed by atoms with van der Waals surface area (Å²) in [5, 5.41) is 4.27. The van der Waals surface area contributed by atoms with Gasteiger partial charge in [0.2, 0.25) is 10.0 Å². The first-order valence-electron chi connectivity index (χ1n) is 12.5. The van der Waals surface area contributed by atoms with Crippen LogP contribution in [0.5, 0.6) is 5.75 Å². The van der Waals surface area contributed by atoms with Crippen LogP contribution in [0.3, 0.4) is 0 Å². The number of carbonyl (C=O) groups is 1. The number of hydrogen-bond acceptors (Lipinski definition) is 8. The average Bonchev–Trinajstić information content (AvgIpc) is 3.22.